The summed E-state index contributed by atoms with van der Waals surface area (Å²) in [7, 11) is 0. The number of hydrogen-bond donors (Lipinski definition) is 2. The van der Waals surface area contributed by atoms with Crippen LogP contribution in [0.25, 0.3) is 16.8 Å². The number of carbonyl (C=O) groups excluding carboxylic acids is 2. The van der Waals surface area contributed by atoms with Crippen molar-refractivity contribution in [3.8, 4) is 5.75 Å². The molecule has 8 heteroatoms. The van der Waals surface area contributed by atoms with Gasteiger partial charge in [-0.2, -0.15) is 0 Å². The summed E-state index contributed by atoms with van der Waals surface area (Å²) < 4.78 is 19.5. The van der Waals surface area contributed by atoms with E-state index >= 15 is 0 Å². The summed E-state index contributed by atoms with van der Waals surface area (Å²) >= 11 is 0. The molecule has 0 spiro atoms. The van der Waals surface area contributed by atoms with E-state index in [4.69, 9.17) is 4.74 Å². The molecular formula is C31H30FN3O4. The zero-order valence-corrected chi connectivity index (χ0v) is 22.3. The largest absolute Gasteiger partial charge is 0.507 e. The first kappa shape index (κ1) is 26.2. The molecule has 1 fully saturated rings. The Hall–Kier alpha value is -4.46. The molecule has 200 valence electrons. The number of rotatable bonds is 6. The van der Waals surface area contributed by atoms with E-state index in [1.807, 2.05) is 31.2 Å². The predicted molar refractivity (Wildman–Crippen MR) is 148 cm³/mol. The van der Waals surface area contributed by atoms with Crippen LogP contribution in [0.2, 0.25) is 0 Å². The average Bonchev–Trinajstić information content (AvgIpc) is 3.44. The van der Waals surface area contributed by atoms with E-state index in [0.29, 0.717) is 34.5 Å². The van der Waals surface area contributed by atoms with E-state index in [9.17, 15) is 19.1 Å². The number of aromatic nitrogens is 2. The van der Waals surface area contributed by atoms with Gasteiger partial charge in [-0.15, -0.1) is 0 Å². The van der Waals surface area contributed by atoms with Crippen molar-refractivity contribution in [1.82, 2.24) is 9.97 Å². The van der Waals surface area contributed by atoms with Crippen LogP contribution in [0.15, 0.2) is 72.3 Å². The van der Waals surface area contributed by atoms with Crippen LogP contribution in [0.3, 0.4) is 0 Å². The molecule has 39 heavy (non-hydrogen) atoms. The topological polar surface area (TPSA) is 95.5 Å². The maximum Gasteiger partial charge on any atom is 0.302 e. The molecule has 0 aliphatic carbocycles. The molecule has 0 bridgehead atoms. The highest BCUT2D eigenvalue weighted by atomic mass is 19.1. The van der Waals surface area contributed by atoms with Crippen molar-refractivity contribution in [3.05, 3.63) is 94.8 Å². The van der Waals surface area contributed by atoms with Gasteiger partial charge in [0.25, 0.3) is 5.78 Å². The highest BCUT2D eigenvalue weighted by Gasteiger charge is 2.48. The Kier molecular flexibility index (Phi) is 6.72. The van der Waals surface area contributed by atoms with Crippen LogP contribution in [0, 0.1) is 5.82 Å². The molecule has 1 aliphatic rings. The highest BCUT2D eigenvalue weighted by molar-refractivity contribution is 6.51. The molecular weight excluding hydrogens is 497 g/mol. The molecule has 1 aromatic heterocycles. The Morgan fingerprint density at radius 1 is 1.05 bits per heavy atom. The molecule has 1 amide bonds. The number of H-pyrrole nitrogens is 1. The molecule has 2 heterocycles. The van der Waals surface area contributed by atoms with Crippen LogP contribution in [-0.2, 0) is 15.0 Å². The van der Waals surface area contributed by atoms with Gasteiger partial charge in [0.15, 0.2) is 0 Å². The fourth-order valence-corrected chi connectivity index (χ4v) is 4.70. The first-order valence-electron chi connectivity index (χ1n) is 12.9. The first-order chi connectivity index (χ1) is 18.6. The molecule has 0 radical (unpaired) electrons. The molecule has 5 rings (SSSR count). The van der Waals surface area contributed by atoms with Gasteiger partial charge in [-0.3, -0.25) is 14.5 Å². The van der Waals surface area contributed by atoms with Gasteiger partial charge < -0.3 is 14.8 Å². The van der Waals surface area contributed by atoms with E-state index in [1.54, 1.807) is 24.3 Å². The lowest BCUT2D eigenvalue weighted by molar-refractivity contribution is -0.132. The van der Waals surface area contributed by atoms with E-state index < -0.39 is 23.5 Å². The molecule has 2 N–H and O–H groups in total. The number of aliphatic hydroxyl groups is 1. The van der Waals surface area contributed by atoms with Crippen LogP contribution in [0.5, 0.6) is 5.75 Å². The molecule has 0 saturated carbocycles. The molecule has 7 nitrogen and oxygen atoms in total. The number of aromatic amines is 1. The van der Waals surface area contributed by atoms with Gasteiger partial charge in [0.05, 0.1) is 29.3 Å². The van der Waals surface area contributed by atoms with E-state index in [0.717, 1.165) is 12.0 Å². The number of anilines is 1. The van der Waals surface area contributed by atoms with Gasteiger partial charge >= 0.3 is 5.91 Å². The zero-order valence-electron chi connectivity index (χ0n) is 22.3. The number of ketones is 1. The van der Waals surface area contributed by atoms with Gasteiger partial charge in [0, 0.05) is 5.56 Å². The normalized spacial score (nSPS) is 17.3. The third-order valence-corrected chi connectivity index (χ3v) is 6.80. The zero-order chi connectivity index (χ0) is 27.9. The average molecular weight is 528 g/mol. The number of aliphatic hydroxyl groups excluding tert-OH is 1. The second-order valence-electron chi connectivity index (χ2n) is 10.6. The van der Waals surface area contributed by atoms with Crippen LogP contribution in [0.1, 0.15) is 56.8 Å². The lowest BCUT2D eigenvalue weighted by atomic mass is 9.85. The number of nitrogens with one attached hydrogen (secondary N) is 1. The molecule has 3 aromatic carbocycles. The molecule has 1 saturated heterocycles. The third-order valence-electron chi connectivity index (χ3n) is 6.80. The third kappa shape index (κ3) is 4.90. The Morgan fingerprint density at radius 2 is 1.74 bits per heavy atom. The smallest absolute Gasteiger partial charge is 0.302 e. The molecule has 1 aliphatic heterocycles. The number of hydrogen-bond acceptors (Lipinski definition) is 5. The molecule has 1 atom stereocenters. The second kappa shape index (κ2) is 10.0. The summed E-state index contributed by atoms with van der Waals surface area (Å²) in [6.07, 6.45) is 0.855. The fraction of sp³-hybridized carbons (Fsp3) is 0.258. The maximum atomic E-state index is 13.9. The number of imidazole rings is 1. The highest BCUT2D eigenvalue weighted by Crippen LogP contribution is 2.42. The van der Waals surface area contributed by atoms with Crippen LogP contribution >= 0.6 is 0 Å². The maximum absolute atomic E-state index is 13.9. The predicted octanol–water partition coefficient (Wildman–Crippen LogP) is 6.41. The van der Waals surface area contributed by atoms with Crippen LogP contribution in [0.4, 0.5) is 10.3 Å². The lowest BCUT2D eigenvalue weighted by Crippen LogP contribution is -2.30. The minimum absolute atomic E-state index is 0.0580. The van der Waals surface area contributed by atoms with Crippen LogP contribution < -0.4 is 9.64 Å². The fourth-order valence-electron chi connectivity index (χ4n) is 4.70. The Morgan fingerprint density at radius 3 is 2.38 bits per heavy atom. The minimum atomic E-state index is -0.958. The van der Waals surface area contributed by atoms with Crippen molar-refractivity contribution >= 4 is 34.4 Å². The van der Waals surface area contributed by atoms with Crippen molar-refractivity contribution in [3.63, 3.8) is 0 Å². The van der Waals surface area contributed by atoms with E-state index in [1.165, 1.54) is 23.1 Å². The molecule has 4 aromatic rings. The number of Topliss-reactive ketones (excluding diaryl/α,β-unsaturated/α-hetero) is 1. The standard InChI is InChI=1S/C31H30FN3O4/c1-5-16-39-22-13-8-19(9-14-22)27(36)25-26(18-6-10-20(11-7-18)31(2,3)4)35(29(38)28(25)37)30-33-23-15-12-21(32)17-24(23)34-30/h6-15,17,26,36H,5,16H2,1-4H3,(H,33,34)/b27-25+. The number of benzene rings is 3. The number of carbonyl (C=O) groups is 2. The Balaban J connectivity index is 1.65. The number of ether oxygens (including phenoxy) is 1. The van der Waals surface area contributed by atoms with Crippen molar-refractivity contribution in [2.45, 2.75) is 45.6 Å². The Bertz CT molecular complexity index is 1580. The van der Waals surface area contributed by atoms with Crippen molar-refractivity contribution < 1.29 is 23.8 Å². The summed E-state index contributed by atoms with van der Waals surface area (Å²) in [5.74, 6) is -1.72. The quantitative estimate of drug-likeness (QED) is 0.172. The van der Waals surface area contributed by atoms with Gasteiger partial charge in [-0.1, -0.05) is 52.0 Å². The SMILES string of the molecule is CCCOc1ccc(/C(O)=C2\C(=O)C(=O)N(c3nc4ccc(F)cc4[nH]3)C2c2ccc(C(C)(C)C)cc2)cc1. The van der Waals surface area contributed by atoms with Gasteiger partial charge in [0.1, 0.15) is 17.3 Å². The lowest BCUT2D eigenvalue weighted by Gasteiger charge is -2.25. The summed E-state index contributed by atoms with van der Waals surface area (Å²) in [5.41, 5.74) is 2.74. The Labute approximate surface area is 225 Å². The second-order valence-corrected chi connectivity index (χ2v) is 10.6. The first-order valence-corrected chi connectivity index (χ1v) is 12.9. The van der Waals surface area contributed by atoms with Crippen molar-refractivity contribution in [2.75, 3.05) is 11.5 Å². The number of halogens is 1. The summed E-state index contributed by atoms with van der Waals surface area (Å²) in [4.78, 5) is 35.6. The van der Waals surface area contributed by atoms with Gasteiger partial charge in [-0.05, 0) is 65.4 Å². The van der Waals surface area contributed by atoms with Crippen molar-refractivity contribution in [1.29, 1.82) is 0 Å². The number of fused-ring (bicyclic) bond motifs is 1. The number of amides is 1. The monoisotopic (exact) mass is 527 g/mol. The number of nitrogens with zero attached hydrogens (tertiary/aromatic N) is 2. The van der Waals surface area contributed by atoms with Gasteiger partial charge in [-0.25, -0.2) is 9.37 Å². The van der Waals surface area contributed by atoms with E-state index in [-0.39, 0.29) is 22.7 Å². The van der Waals surface area contributed by atoms with Crippen LogP contribution in [-0.4, -0.2) is 33.4 Å². The summed E-state index contributed by atoms with van der Waals surface area (Å²) in [6, 6.07) is 17.4. The van der Waals surface area contributed by atoms with Crippen molar-refractivity contribution in [2.24, 2.45) is 0 Å². The summed E-state index contributed by atoms with van der Waals surface area (Å²) in [6.45, 7) is 8.84. The minimum Gasteiger partial charge on any atom is -0.507 e. The summed E-state index contributed by atoms with van der Waals surface area (Å²) in [5, 5.41) is 11.4. The van der Waals surface area contributed by atoms with E-state index in [2.05, 4.69) is 30.7 Å². The van der Waals surface area contributed by atoms with Gasteiger partial charge in [0.2, 0.25) is 5.95 Å². The molecule has 1 unspecified atom stereocenters.